The van der Waals surface area contributed by atoms with Crippen molar-refractivity contribution in [3.05, 3.63) is 34.9 Å². The third kappa shape index (κ3) is 2.03. The lowest BCUT2D eigenvalue weighted by Gasteiger charge is -2.29. The van der Waals surface area contributed by atoms with Crippen molar-refractivity contribution in [2.75, 3.05) is 0 Å². The lowest BCUT2D eigenvalue weighted by molar-refractivity contribution is 0.0911. The van der Waals surface area contributed by atoms with Crippen molar-refractivity contribution < 1.29 is 4.79 Å². The molecule has 3 rings (SSSR count). The Morgan fingerprint density at radius 2 is 1.90 bits per heavy atom. The molecule has 0 N–H and O–H groups in total. The fourth-order valence-corrected chi connectivity index (χ4v) is 2.68. The van der Waals surface area contributed by atoms with Gasteiger partial charge in [0.2, 0.25) is 0 Å². The summed E-state index contributed by atoms with van der Waals surface area (Å²) in [5, 5.41) is 8.27. The molecule has 0 saturated heterocycles. The first kappa shape index (κ1) is 13.0. The van der Waals surface area contributed by atoms with Crippen LogP contribution in [-0.4, -0.2) is 25.5 Å². The molecule has 0 amide bonds. The maximum atomic E-state index is 12.2. The summed E-state index contributed by atoms with van der Waals surface area (Å²) in [6.07, 6.45) is 3.31. The standard InChI is InChI=1S/C15H18N4O/c1-9-10(2)17-18-14(16-9)19-6-5-11-12(19)7-15(3,4)8-13(11)20/h5-6H,7-8H2,1-4H3. The summed E-state index contributed by atoms with van der Waals surface area (Å²) >= 11 is 0. The third-order valence-electron chi connectivity index (χ3n) is 3.87. The van der Waals surface area contributed by atoms with Gasteiger partial charge in [-0.2, -0.15) is 5.10 Å². The van der Waals surface area contributed by atoms with Crippen molar-refractivity contribution in [3.8, 4) is 5.95 Å². The van der Waals surface area contributed by atoms with Crippen molar-refractivity contribution in [3.63, 3.8) is 0 Å². The molecule has 2 aromatic heterocycles. The number of hydrogen-bond acceptors (Lipinski definition) is 4. The van der Waals surface area contributed by atoms with Crippen LogP contribution in [0.1, 0.15) is 47.7 Å². The van der Waals surface area contributed by atoms with Crippen LogP contribution in [-0.2, 0) is 6.42 Å². The highest BCUT2D eigenvalue weighted by Crippen LogP contribution is 2.35. The van der Waals surface area contributed by atoms with E-state index in [0.29, 0.717) is 12.4 Å². The molecule has 2 aromatic rings. The van der Waals surface area contributed by atoms with Crippen molar-refractivity contribution in [2.45, 2.75) is 40.5 Å². The first-order valence-electron chi connectivity index (χ1n) is 6.79. The number of carbonyl (C=O) groups is 1. The average Bonchev–Trinajstić information content (AvgIpc) is 2.75. The second kappa shape index (κ2) is 4.23. The Labute approximate surface area is 118 Å². The molecule has 2 heterocycles. The third-order valence-corrected chi connectivity index (χ3v) is 3.87. The number of aryl methyl sites for hydroxylation is 2. The zero-order valence-corrected chi connectivity index (χ0v) is 12.3. The second-order valence-electron chi connectivity index (χ2n) is 6.27. The molecule has 1 aliphatic rings. The molecule has 0 aliphatic heterocycles. The summed E-state index contributed by atoms with van der Waals surface area (Å²) in [6, 6.07) is 1.87. The van der Waals surface area contributed by atoms with Gasteiger partial charge in [-0.05, 0) is 31.7 Å². The highest BCUT2D eigenvalue weighted by Gasteiger charge is 2.33. The summed E-state index contributed by atoms with van der Waals surface area (Å²) in [6.45, 7) is 8.03. The minimum atomic E-state index is -0.0205. The van der Waals surface area contributed by atoms with Crippen LogP contribution >= 0.6 is 0 Å². The molecular formula is C15H18N4O. The molecule has 0 unspecified atom stereocenters. The highest BCUT2D eigenvalue weighted by molar-refractivity contribution is 5.98. The average molecular weight is 270 g/mol. The fraction of sp³-hybridized carbons (Fsp3) is 0.467. The molecule has 0 atom stereocenters. The predicted molar refractivity (Wildman–Crippen MR) is 75.1 cm³/mol. The van der Waals surface area contributed by atoms with Gasteiger partial charge in [0, 0.05) is 23.9 Å². The monoisotopic (exact) mass is 270 g/mol. The van der Waals surface area contributed by atoms with Crippen molar-refractivity contribution in [2.24, 2.45) is 5.41 Å². The quantitative estimate of drug-likeness (QED) is 0.798. The molecule has 0 saturated carbocycles. The number of ketones is 1. The maximum Gasteiger partial charge on any atom is 0.253 e. The summed E-state index contributed by atoms with van der Waals surface area (Å²) in [5.41, 5.74) is 3.46. The van der Waals surface area contributed by atoms with E-state index in [4.69, 9.17) is 0 Å². The normalized spacial score (nSPS) is 17.1. The smallest absolute Gasteiger partial charge is 0.253 e. The number of carbonyl (C=O) groups excluding carboxylic acids is 1. The molecule has 104 valence electrons. The first-order valence-corrected chi connectivity index (χ1v) is 6.79. The van der Waals surface area contributed by atoms with Crippen LogP contribution in [0.15, 0.2) is 12.3 Å². The number of aromatic nitrogens is 4. The summed E-state index contributed by atoms with van der Waals surface area (Å²) in [7, 11) is 0. The zero-order chi connectivity index (χ0) is 14.5. The number of hydrogen-bond donors (Lipinski definition) is 0. The minimum Gasteiger partial charge on any atom is -0.294 e. The van der Waals surface area contributed by atoms with Crippen molar-refractivity contribution in [1.82, 2.24) is 19.7 Å². The van der Waals surface area contributed by atoms with Crippen LogP contribution in [0.25, 0.3) is 5.95 Å². The Bertz CT molecular complexity index is 700. The Hall–Kier alpha value is -2.04. The molecule has 0 fully saturated rings. The number of rotatable bonds is 1. The number of nitrogens with zero attached hydrogens (tertiary/aromatic N) is 4. The van der Waals surface area contributed by atoms with E-state index in [9.17, 15) is 4.79 Å². The topological polar surface area (TPSA) is 60.7 Å². The van der Waals surface area contributed by atoms with Crippen LogP contribution in [0, 0.1) is 19.3 Å². The number of fused-ring (bicyclic) bond motifs is 1. The summed E-state index contributed by atoms with van der Waals surface area (Å²) in [4.78, 5) is 16.7. The van der Waals surface area contributed by atoms with Gasteiger partial charge in [0.05, 0.1) is 11.4 Å². The zero-order valence-electron chi connectivity index (χ0n) is 12.3. The second-order valence-corrected chi connectivity index (χ2v) is 6.27. The van der Waals surface area contributed by atoms with Crippen LogP contribution < -0.4 is 0 Å². The lowest BCUT2D eigenvalue weighted by atomic mass is 9.76. The molecule has 0 aromatic carbocycles. The van der Waals surface area contributed by atoms with Gasteiger partial charge in [-0.25, -0.2) is 4.98 Å². The van der Waals surface area contributed by atoms with Gasteiger partial charge in [0.15, 0.2) is 5.78 Å². The predicted octanol–water partition coefficient (Wildman–Crippen LogP) is 2.43. The van der Waals surface area contributed by atoms with Gasteiger partial charge >= 0.3 is 0 Å². The van der Waals surface area contributed by atoms with Gasteiger partial charge in [-0.15, -0.1) is 5.10 Å². The van der Waals surface area contributed by atoms with E-state index in [1.54, 1.807) is 0 Å². The van der Waals surface area contributed by atoms with Crippen molar-refractivity contribution in [1.29, 1.82) is 0 Å². The SMILES string of the molecule is Cc1nnc(-n2ccc3c2CC(C)(C)CC3=O)nc1C. The molecular weight excluding hydrogens is 252 g/mol. The Morgan fingerprint density at radius 3 is 2.60 bits per heavy atom. The van der Waals surface area contributed by atoms with Crippen LogP contribution in [0.4, 0.5) is 0 Å². The molecule has 5 heteroatoms. The molecule has 1 aliphatic carbocycles. The van der Waals surface area contributed by atoms with Crippen molar-refractivity contribution >= 4 is 5.78 Å². The largest absolute Gasteiger partial charge is 0.294 e. The highest BCUT2D eigenvalue weighted by atomic mass is 16.1. The van der Waals surface area contributed by atoms with Gasteiger partial charge in [0.25, 0.3) is 5.95 Å². The Morgan fingerprint density at radius 1 is 1.15 bits per heavy atom. The van der Waals surface area contributed by atoms with Gasteiger partial charge in [-0.1, -0.05) is 13.8 Å². The molecule has 0 spiro atoms. The Balaban J connectivity index is 2.13. The van der Waals surface area contributed by atoms with E-state index in [1.807, 2.05) is 30.7 Å². The van der Waals surface area contributed by atoms with Crippen LogP contribution in [0.5, 0.6) is 0 Å². The van der Waals surface area contributed by atoms with E-state index in [2.05, 4.69) is 29.0 Å². The number of Topliss-reactive ketones (excluding diaryl/α,β-unsaturated/α-hetero) is 1. The van der Waals surface area contributed by atoms with Gasteiger partial charge in [-0.3, -0.25) is 9.36 Å². The molecule has 5 nitrogen and oxygen atoms in total. The van der Waals surface area contributed by atoms with E-state index in [1.165, 1.54) is 0 Å². The molecule has 20 heavy (non-hydrogen) atoms. The molecule has 0 radical (unpaired) electrons. The Kier molecular flexibility index (Phi) is 2.74. The fourth-order valence-electron chi connectivity index (χ4n) is 2.68. The molecule has 0 bridgehead atoms. The lowest BCUT2D eigenvalue weighted by Crippen LogP contribution is -2.28. The summed E-state index contributed by atoms with van der Waals surface area (Å²) < 4.78 is 1.90. The minimum absolute atomic E-state index is 0.0205. The van der Waals surface area contributed by atoms with E-state index in [-0.39, 0.29) is 11.2 Å². The maximum absolute atomic E-state index is 12.2. The first-order chi connectivity index (χ1) is 9.37. The van der Waals surface area contributed by atoms with E-state index >= 15 is 0 Å². The van der Waals surface area contributed by atoms with Gasteiger partial charge in [0.1, 0.15) is 0 Å². The van der Waals surface area contributed by atoms with E-state index < -0.39 is 0 Å². The van der Waals surface area contributed by atoms with E-state index in [0.717, 1.165) is 29.1 Å². The van der Waals surface area contributed by atoms with Gasteiger partial charge < -0.3 is 0 Å². The summed E-state index contributed by atoms with van der Waals surface area (Å²) in [5.74, 6) is 0.742. The van der Waals surface area contributed by atoms with Crippen LogP contribution in [0.2, 0.25) is 0 Å². The van der Waals surface area contributed by atoms with Crippen LogP contribution in [0.3, 0.4) is 0 Å².